The Labute approximate surface area is 197 Å². The Bertz CT molecular complexity index is 1030. The number of aliphatic hydroxyl groups is 5. The van der Waals surface area contributed by atoms with Crippen LogP contribution in [0, 0.1) is 0 Å². The Hall–Kier alpha value is -0.710. The lowest BCUT2D eigenvalue weighted by Crippen LogP contribution is -2.68. The van der Waals surface area contributed by atoms with Gasteiger partial charge in [0.15, 0.2) is 12.6 Å². The van der Waals surface area contributed by atoms with Gasteiger partial charge in [-0.2, -0.15) is 30.0 Å². The molecular formula is C12H23NO19S3. The quantitative estimate of drug-likeness (QED) is 0.108. The molecule has 0 bridgehead atoms. The third-order valence-corrected chi connectivity index (χ3v) is 6.17. The maximum atomic E-state index is 11.4. The Morgan fingerprint density at radius 2 is 1.37 bits per heavy atom. The van der Waals surface area contributed by atoms with Crippen LogP contribution in [0.15, 0.2) is 0 Å². The second-order valence-electron chi connectivity index (χ2n) is 7.18. The number of hydrogen-bond acceptors (Lipinski definition) is 16. The largest absolute Gasteiger partial charge is 0.397 e. The van der Waals surface area contributed by atoms with Gasteiger partial charge in [0.2, 0.25) is 0 Å². The summed E-state index contributed by atoms with van der Waals surface area (Å²) < 4.78 is 119. The van der Waals surface area contributed by atoms with E-state index in [-0.39, 0.29) is 0 Å². The van der Waals surface area contributed by atoms with E-state index >= 15 is 0 Å². The minimum atomic E-state index is -5.43. The minimum absolute atomic E-state index is 1.09. The molecule has 0 aromatic heterocycles. The van der Waals surface area contributed by atoms with Crippen LogP contribution in [-0.4, -0.2) is 139 Å². The van der Waals surface area contributed by atoms with Gasteiger partial charge in [-0.15, -0.1) is 0 Å². The first-order chi connectivity index (χ1) is 15.8. The molecule has 2 aliphatic rings. The zero-order valence-corrected chi connectivity index (χ0v) is 19.4. The molecule has 23 heteroatoms. The van der Waals surface area contributed by atoms with E-state index in [4.69, 9.17) is 27.9 Å². The summed E-state index contributed by atoms with van der Waals surface area (Å²) in [5.41, 5.74) is 0. The molecule has 10 atom stereocenters. The number of hydrogen-bond donors (Lipinski definition) is 9. The molecule has 2 rings (SSSR count). The smallest absolute Gasteiger partial charge is 0.394 e. The third-order valence-electron chi connectivity index (χ3n) is 4.70. The minimum Gasteiger partial charge on any atom is -0.394 e. The molecule has 35 heavy (non-hydrogen) atoms. The molecule has 0 spiro atoms. The first-order valence-electron chi connectivity index (χ1n) is 9.14. The number of nitrogens with one attached hydrogen (secondary N) is 1. The average molecular weight is 582 g/mol. The molecule has 0 radical (unpaired) electrons. The predicted molar refractivity (Wildman–Crippen MR) is 102 cm³/mol. The summed E-state index contributed by atoms with van der Waals surface area (Å²) in [6.07, 6.45) is -19.0. The van der Waals surface area contributed by atoms with Crippen molar-refractivity contribution >= 4 is 31.1 Å². The fourth-order valence-electron chi connectivity index (χ4n) is 3.27. The Kier molecular flexibility index (Phi) is 9.90. The Balaban J connectivity index is 2.45. The lowest BCUT2D eigenvalue weighted by molar-refractivity contribution is -0.338. The van der Waals surface area contributed by atoms with Crippen molar-refractivity contribution in [2.75, 3.05) is 13.2 Å². The molecule has 2 saturated heterocycles. The van der Waals surface area contributed by atoms with Crippen LogP contribution in [0.2, 0.25) is 0 Å². The van der Waals surface area contributed by atoms with E-state index in [1.165, 1.54) is 4.72 Å². The van der Waals surface area contributed by atoms with Crippen molar-refractivity contribution in [3.8, 4) is 0 Å². The van der Waals surface area contributed by atoms with Gasteiger partial charge in [-0.3, -0.25) is 13.7 Å². The van der Waals surface area contributed by atoms with Crippen molar-refractivity contribution < 1.29 is 87.0 Å². The van der Waals surface area contributed by atoms with Crippen LogP contribution in [0.4, 0.5) is 0 Å². The van der Waals surface area contributed by atoms with Gasteiger partial charge in [-0.25, -0.2) is 8.37 Å². The van der Waals surface area contributed by atoms with Crippen LogP contribution in [0.3, 0.4) is 0 Å². The third kappa shape index (κ3) is 8.68. The average Bonchev–Trinajstić information content (AvgIpc) is 2.69. The molecule has 0 saturated carbocycles. The molecular weight excluding hydrogens is 558 g/mol. The Morgan fingerprint density at radius 3 is 1.86 bits per heavy atom. The zero-order valence-electron chi connectivity index (χ0n) is 17.0. The van der Waals surface area contributed by atoms with Crippen LogP contribution in [0.1, 0.15) is 0 Å². The first-order valence-corrected chi connectivity index (χ1v) is 13.3. The highest BCUT2D eigenvalue weighted by Crippen LogP contribution is 2.31. The molecule has 2 fully saturated rings. The van der Waals surface area contributed by atoms with E-state index in [2.05, 4.69) is 8.37 Å². The van der Waals surface area contributed by atoms with Crippen LogP contribution < -0.4 is 4.72 Å². The highest BCUT2D eigenvalue weighted by molar-refractivity contribution is 7.83. The van der Waals surface area contributed by atoms with Crippen LogP contribution in [-0.2, 0) is 53.7 Å². The lowest BCUT2D eigenvalue weighted by Gasteiger charge is -2.46. The van der Waals surface area contributed by atoms with Crippen molar-refractivity contribution in [1.29, 1.82) is 0 Å². The fourth-order valence-corrected chi connectivity index (χ4v) is 4.68. The van der Waals surface area contributed by atoms with E-state index in [1.807, 2.05) is 0 Å². The monoisotopic (exact) mass is 581 g/mol. The number of rotatable bonds is 10. The molecule has 208 valence electrons. The molecule has 0 aliphatic carbocycles. The maximum absolute atomic E-state index is 11.4. The summed E-state index contributed by atoms with van der Waals surface area (Å²) >= 11 is 0. The van der Waals surface area contributed by atoms with Gasteiger partial charge < -0.3 is 39.7 Å². The van der Waals surface area contributed by atoms with E-state index < -0.39 is 106 Å². The van der Waals surface area contributed by atoms with E-state index in [0.29, 0.717) is 0 Å². The van der Waals surface area contributed by atoms with Gasteiger partial charge in [0.1, 0.15) is 48.8 Å². The van der Waals surface area contributed by atoms with Crippen LogP contribution in [0.5, 0.6) is 0 Å². The number of aliphatic hydroxyl groups excluding tert-OH is 5. The standard InChI is InChI=1S/C12H23NO19S3/c14-1-3-6(15)10(32-35(25,26)27)5(13-33(19,20)21)12(30-3)31-9-4(2-28-34(22,23)24)29-11(18)8(17)7(9)16/h3-18H,1-2H2,(H,19,20,21)(H,22,23,24)(H,25,26,27)/t3-,4-,5-,6-,7-,8-,9-,10-,11-,12-/m1/s1. The second kappa shape index (κ2) is 11.4. The second-order valence-corrected chi connectivity index (χ2v) is 10.5. The molecule has 0 unspecified atom stereocenters. The lowest BCUT2D eigenvalue weighted by atomic mass is 9.96. The maximum Gasteiger partial charge on any atom is 0.397 e. The van der Waals surface area contributed by atoms with E-state index in [1.54, 1.807) is 0 Å². The molecule has 2 aliphatic heterocycles. The topological polar surface area (TPSA) is 322 Å². The van der Waals surface area contributed by atoms with E-state index in [0.717, 1.165) is 0 Å². The van der Waals surface area contributed by atoms with E-state index in [9.17, 15) is 50.8 Å². The SMILES string of the molecule is O=S(=O)(O)N[C@H]1[C@@H](O[C@H]2[C@H](O)[C@@H](O)[C@H](O)O[C@@H]2COS(=O)(=O)O)O[C@H](CO)[C@@H](O)[C@@H]1OS(=O)(=O)O. The highest BCUT2D eigenvalue weighted by Gasteiger charge is 2.53. The van der Waals surface area contributed by atoms with Gasteiger partial charge in [-0.05, 0) is 0 Å². The summed E-state index contributed by atoms with van der Waals surface area (Å²) in [6, 6.07) is -2.27. The summed E-state index contributed by atoms with van der Waals surface area (Å²) in [6.45, 7) is -2.27. The molecule has 0 amide bonds. The predicted octanol–water partition coefficient (Wildman–Crippen LogP) is -6.34. The summed E-state index contributed by atoms with van der Waals surface area (Å²) in [5, 5.41) is 49.5. The van der Waals surface area contributed by atoms with Gasteiger partial charge in [-0.1, -0.05) is 0 Å². The molecule has 0 aromatic carbocycles. The van der Waals surface area contributed by atoms with Crippen molar-refractivity contribution in [2.24, 2.45) is 0 Å². The summed E-state index contributed by atoms with van der Waals surface area (Å²) in [7, 11) is -15.8. The molecule has 20 nitrogen and oxygen atoms in total. The van der Waals surface area contributed by atoms with Crippen molar-refractivity contribution in [1.82, 2.24) is 4.72 Å². The van der Waals surface area contributed by atoms with Gasteiger partial charge in [0, 0.05) is 0 Å². The Morgan fingerprint density at radius 1 is 0.771 bits per heavy atom. The van der Waals surface area contributed by atoms with Crippen molar-refractivity contribution in [2.45, 2.75) is 61.3 Å². The fraction of sp³-hybridized carbons (Fsp3) is 1.00. The highest BCUT2D eigenvalue weighted by atomic mass is 32.3. The zero-order chi connectivity index (χ0) is 26.9. The number of ether oxygens (including phenoxy) is 3. The molecule has 2 heterocycles. The molecule has 9 N–H and O–H groups in total. The van der Waals surface area contributed by atoms with Gasteiger partial charge in [0.05, 0.1) is 13.2 Å². The summed E-state index contributed by atoms with van der Waals surface area (Å²) in [5.74, 6) is 0. The van der Waals surface area contributed by atoms with Crippen LogP contribution >= 0.6 is 0 Å². The normalized spacial score (nSPS) is 39.4. The molecule has 0 aromatic rings. The first kappa shape index (κ1) is 30.5. The van der Waals surface area contributed by atoms with Crippen molar-refractivity contribution in [3.63, 3.8) is 0 Å². The van der Waals surface area contributed by atoms with Gasteiger partial charge in [0.25, 0.3) is 0 Å². The van der Waals surface area contributed by atoms with Crippen LogP contribution in [0.25, 0.3) is 0 Å². The summed E-state index contributed by atoms with van der Waals surface area (Å²) in [4.78, 5) is 0. The van der Waals surface area contributed by atoms with Crippen molar-refractivity contribution in [3.05, 3.63) is 0 Å². The van der Waals surface area contributed by atoms with Gasteiger partial charge >= 0.3 is 31.1 Å².